The molecule has 8 heteroatoms. The van der Waals surface area contributed by atoms with Crippen LogP contribution in [0.3, 0.4) is 0 Å². The molecule has 0 radical (unpaired) electrons. The minimum atomic E-state index is -3.76. The van der Waals surface area contributed by atoms with Crippen molar-refractivity contribution >= 4 is 27.3 Å². The van der Waals surface area contributed by atoms with Gasteiger partial charge in [-0.05, 0) is 32.0 Å². The van der Waals surface area contributed by atoms with E-state index in [2.05, 4.69) is 4.72 Å². The molecule has 0 unspecified atom stereocenters. The van der Waals surface area contributed by atoms with Gasteiger partial charge in [0.25, 0.3) is 0 Å². The normalized spacial score (nSPS) is 11.7. The van der Waals surface area contributed by atoms with Crippen molar-refractivity contribution in [3.8, 4) is 0 Å². The van der Waals surface area contributed by atoms with E-state index in [1.54, 1.807) is 26.0 Å². The van der Waals surface area contributed by atoms with E-state index in [0.29, 0.717) is 16.4 Å². The second-order valence-electron chi connectivity index (χ2n) is 4.17. The summed E-state index contributed by atoms with van der Waals surface area (Å²) in [5.41, 5.74) is 0. The first-order valence-corrected chi connectivity index (χ1v) is 7.98. The fourth-order valence-electron chi connectivity index (χ4n) is 1.66. The molecule has 2 heterocycles. The van der Waals surface area contributed by atoms with E-state index in [1.807, 2.05) is 0 Å². The first-order valence-electron chi connectivity index (χ1n) is 5.68. The highest BCUT2D eigenvalue weighted by atomic mass is 32.2. The number of sulfonamides is 1. The summed E-state index contributed by atoms with van der Waals surface area (Å²) >= 11 is 0.933. The maximum atomic E-state index is 12.1. The first-order chi connectivity index (χ1) is 9.29. The van der Waals surface area contributed by atoms with E-state index in [9.17, 15) is 13.2 Å². The summed E-state index contributed by atoms with van der Waals surface area (Å²) in [6.07, 6.45) is 0. The Kier molecular flexibility index (Phi) is 3.98. The van der Waals surface area contributed by atoms with Crippen LogP contribution in [0, 0.1) is 13.8 Å². The predicted octanol–water partition coefficient (Wildman–Crippen LogP) is 2.13. The van der Waals surface area contributed by atoms with Gasteiger partial charge in [0.1, 0.15) is 16.4 Å². The number of carbonyl (C=O) groups is 1. The molecule has 0 amide bonds. The van der Waals surface area contributed by atoms with Crippen LogP contribution in [0.15, 0.2) is 27.5 Å². The zero-order valence-corrected chi connectivity index (χ0v) is 12.5. The van der Waals surface area contributed by atoms with E-state index in [-0.39, 0.29) is 16.3 Å². The number of carboxylic acid groups (broad SMARTS) is 1. The maximum Gasteiger partial charge on any atom is 0.345 e. The molecule has 0 fully saturated rings. The minimum Gasteiger partial charge on any atom is -0.477 e. The lowest BCUT2D eigenvalue weighted by Gasteiger charge is -2.04. The van der Waals surface area contributed by atoms with Gasteiger partial charge in [0.2, 0.25) is 10.0 Å². The molecule has 0 spiro atoms. The smallest absolute Gasteiger partial charge is 0.345 e. The number of furan rings is 1. The number of nitrogens with one attached hydrogen (secondary N) is 1. The third-order valence-electron chi connectivity index (χ3n) is 2.60. The third kappa shape index (κ3) is 3.09. The number of rotatable bonds is 5. The van der Waals surface area contributed by atoms with Crippen molar-refractivity contribution in [3.63, 3.8) is 0 Å². The number of hydrogen-bond acceptors (Lipinski definition) is 5. The van der Waals surface area contributed by atoms with Gasteiger partial charge in [0.15, 0.2) is 0 Å². The van der Waals surface area contributed by atoms with Gasteiger partial charge in [-0.2, -0.15) is 0 Å². The molecule has 0 bridgehead atoms. The van der Waals surface area contributed by atoms with E-state index in [1.165, 1.54) is 0 Å². The molecule has 0 aliphatic heterocycles. The molecular formula is C12H13NO5S2. The molecule has 2 aromatic heterocycles. The highest BCUT2D eigenvalue weighted by Gasteiger charge is 2.22. The van der Waals surface area contributed by atoms with Crippen LogP contribution in [0.5, 0.6) is 0 Å². The zero-order valence-electron chi connectivity index (χ0n) is 10.8. The van der Waals surface area contributed by atoms with Crippen molar-refractivity contribution in [2.75, 3.05) is 0 Å². The Labute approximate surface area is 120 Å². The molecule has 2 rings (SSSR count). The second kappa shape index (κ2) is 5.39. The maximum absolute atomic E-state index is 12.1. The van der Waals surface area contributed by atoms with Gasteiger partial charge >= 0.3 is 5.97 Å². The van der Waals surface area contributed by atoms with E-state index < -0.39 is 16.0 Å². The lowest BCUT2D eigenvalue weighted by Crippen LogP contribution is -2.23. The molecule has 2 N–H and O–H groups in total. The summed E-state index contributed by atoms with van der Waals surface area (Å²) in [5, 5.41) is 8.88. The largest absolute Gasteiger partial charge is 0.477 e. The number of hydrogen-bond donors (Lipinski definition) is 2. The van der Waals surface area contributed by atoms with Gasteiger partial charge in [-0.15, -0.1) is 11.3 Å². The van der Waals surface area contributed by atoms with Crippen molar-refractivity contribution in [2.24, 2.45) is 0 Å². The molecule has 6 nitrogen and oxygen atoms in total. The standard InChI is InChI=1S/C12H13NO5S2/c1-7-3-4-9(18-7)6-13-20(16,17)11-5-10(12(14)15)19-8(11)2/h3-5,13H,6H2,1-2H3,(H,14,15). The summed E-state index contributed by atoms with van der Waals surface area (Å²) in [4.78, 5) is 11.3. The van der Waals surface area contributed by atoms with Gasteiger partial charge in [-0.3, -0.25) is 0 Å². The van der Waals surface area contributed by atoms with E-state index in [4.69, 9.17) is 9.52 Å². The van der Waals surface area contributed by atoms with Crippen LogP contribution in [0.25, 0.3) is 0 Å². The van der Waals surface area contributed by atoms with Crippen molar-refractivity contribution in [3.05, 3.63) is 39.5 Å². The average molecular weight is 315 g/mol. The first kappa shape index (κ1) is 14.8. The third-order valence-corrected chi connectivity index (χ3v) is 5.30. The van der Waals surface area contributed by atoms with Crippen LogP contribution in [0.4, 0.5) is 0 Å². The topological polar surface area (TPSA) is 96.6 Å². The minimum absolute atomic E-state index is 0.00304. The van der Waals surface area contributed by atoms with Crippen molar-refractivity contribution in [1.29, 1.82) is 0 Å². The molecule has 2 aromatic rings. The number of aryl methyl sites for hydroxylation is 2. The summed E-state index contributed by atoms with van der Waals surface area (Å²) in [7, 11) is -3.76. The molecule has 0 saturated heterocycles. The predicted molar refractivity (Wildman–Crippen MR) is 73.5 cm³/mol. The monoisotopic (exact) mass is 315 g/mol. The molecule has 0 aromatic carbocycles. The van der Waals surface area contributed by atoms with Gasteiger partial charge in [-0.25, -0.2) is 17.9 Å². The van der Waals surface area contributed by atoms with Crippen molar-refractivity contribution < 1.29 is 22.7 Å². The van der Waals surface area contributed by atoms with E-state index >= 15 is 0 Å². The van der Waals surface area contributed by atoms with Crippen LogP contribution in [-0.4, -0.2) is 19.5 Å². The molecule has 0 saturated carbocycles. The lowest BCUT2D eigenvalue weighted by molar-refractivity contribution is 0.0702. The number of aromatic carboxylic acids is 1. The molecule has 0 atom stereocenters. The second-order valence-corrected chi connectivity index (χ2v) is 7.16. The van der Waals surface area contributed by atoms with Crippen LogP contribution in [0.2, 0.25) is 0 Å². The SMILES string of the molecule is Cc1ccc(CNS(=O)(=O)c2cc(C(=O)O)sc2C)o1. The summed E-state index contributed by atoms with van der Waals surface area (Å²) < 4.78 is 31.9. The van der Waals surface area contributed by atoms with E-state index in [0.717, 1.165) is 17.4 Å². The molecule has 108 valence electrons. The van der Waals surface area contributed by atoms with Gasteiger partial charge in [0, 0.05) is 4.88 Å². The van der Waals surface area contributed by atoms with Crippen molar-refractivity contribution in [1.82, 2.24) is 4.72 Å². The summed E-state index contributed by atoms with van der Waals surface area (Å²) in [5.74, 6) is 0.0534. The Balaban J connectivity index is 2.20. The Bertz CT molecular complexity index is 742. The van der Waals surface area contributed by atoms with Crippen molar-refractivity contribution in [2.45, 2.75) is 25.3 Å². The Morgan fingerprint density at radius 2 is 2.10 bits per heavy atom. The Morgan fingerprint density at radius 3 is 2.60 bits per heavy atom. The van der Waals surface area contributed by atoms with Crippen LogP contribution in [-0.2, 0) is 16.6 Å². The molecule has 0 aliphatic carbocycles. The van der Waals surface area contributed by atoms with Crippen LogP contribution < -0.4 is 4.72 Å². The quantitative estimate of drug-likeness (QED) is 0.881. The molecule has 0 aliphatic rings. The average Bonchev–Trinajstić information content (AvgIpc) is 2.93. The fraction of sp³-hybridized carbons (Fsp3) is 0.250. The number of thiophene rings is 1. The molecular weight excluding hydrogens is 302 g/mol. The fourth-order valence-corrected chi connectivity index (χ4v) is 4.08. The summed E-state index contributed by atoms with van der Waals surface area (Å²) in [6.45, 7) is 3.36. The van der Waals surface area contributed by atoms with Gasteiger partial charge in [-0.1, -0.05) is 0 Å². The van der Waals surface area contributed by atoms with Crippen LogP contribution >= 0.6 is 11.3 Å². The summed E-state index contributed by atoms with van der Waals surface area (Å²) in [6, 6.07) is 4.58. The zero-order chi connectivity index (χ0) is 14.9. The number of carboxylic acids is 1. The van der Waals surface area contributed by atoms with Gasteiger partial charge < -0.3 is 9.52 Å². The highest BCUT2D eigenvalue weighted by Crippen LogP contribution is 2.25. The Hall–Kier alpha value is -1.64. The molecule has 20 heavy (non-hydrogen) atoms. The lowest BCUT2D eigenvalue weighted by atomic mass is 10.4. The highest BCUT2D eigenvalue weighted by molar-refractivity contribution is 7.89. The Morgan fingerprint density at radius 1 is 1.40 bits per heavy atom. The van der Waals surface area contributed by atoms with Gasteiger partial charge in [0.05, 0.1) is 11.4 Å². The van der Waals surface area contributed by atoms with Crippen LogP contribution in [0.1, 0.15) is 26.1 Å².